The van der Waals surface area contributed by atoms with Crippen LogP contribution in [0.4, 0.5) is 0 Å². The molecular weight excluding hydrogens is 364 g/mol. The van der Waals surface area contributed by atoms with Gasteiger partial charge in [0.05, 0.1) is 31.0 Å². The van der Waals surface area contributed by atoms with Crippen molar-refractivity contribution in [2.24, 2.45) is 0 Å². The molecule has 7 heteroatoms. The summed E-state index contributed by atoms with van der Waals surface area (Å²) in [6.07, 6.45) is 1.86. The maximum atomic E-state index is 5.73. The van der Waals surface area contributed by atoms with Gasteiger partial charge in [-0.05, 0) is 48.3 Å². The normalized spacial score (nSPS) is 24.0. The van der Waals surface area contributed by atoms with Crippen molar-refractivity contribution in [3.8, 4) is 0 Å². The van der Waals surface area contributed by atoms with Crippen LogP contribution in [0.25, 0.3) is 0 Å². The molecule has 0 amide bonds. The molecule has 0 spiro atoms. The van der Waals surface area contributed by atoms with Crippen LogP contribution in [0.2, 0.25) is 0 Å². The van der Waals surface area contributed by atoms with E-state index in [1.54, 1.807) is 0 Å². The van der Waals surface area contributed by atoms with E-state index in [1.165, 1.54) is 10.4 Å². The van der Waals surface area contributed by atoms with E-state index in [1.807, 2.05) is 29.7 Å². The van der Waals surface area contributed by atoms with Crippen molar-refractivity contribution >= 4 is 28.7 Å². The molecule has 1 N–H and O–H groups in total. The van der Waals surface area contributed by atoms with Crippen LogP contribution in [-0.2, 0) is 4.74 Å². The predicted molar refractivity (Wildman–Crippen MR) is 108 cm³/mol. The molecule has 0 bridgehead atoms. The number of pyridine rings is 1. The molecule has 2 unspecified atom stereocenters. The lowest BCUT2D eigenvalue weighted by atomic mass is 10.0. The summed E-state index contributed by atoms with van der Waals surface area (Å²) < 4.78 is 5.46. The Bertz CT molecular complexity index is 745. The second kappa shape index (κ2) is 8.00. The first-order valence-electron chi connectivity index (χ1n) is 9.06. The van der Waals surface area contributed by atoms with Gasteiger partial charge in [-0.3, -0.25) is 9.88 Å². The van der Waals surface area contributed by atoms with Gasteiger partial charge in [-0.15, -0.1) is 11.3 Å². The molecule has 2 atom stereocenters. The standard InChI is InChI=1S/C19H24N4OS2/c1-14-5-13-26-18(14)17-16(15-4-2-3-6-20-15)21-19(25)23(17)8-7-22-9-11-24-12-10-22/h2-6,13,16-17H,7-12H2,1H3,(H,21,25). The largest absolute Gasteiger partial charge is 0.379 e. The number of thiophene rings is 1. The number of aromatic nitrogens is 1. The Morgan fingerprint density at radius 1 is 1.27 bits per heavy atom. The van der Waals surface area contributed by atoms with E-state index in [9.17, 15) is 0 Å². The van der Waals surface area contributed by atoms with Crippen LogP contribution >= 0.6 is 23.6 Å². The number of morpholine rings is 1. The zero-order valence-corrected chi connectivity index (χ0v) is 16.6. The van der Waals surface area contributed by atoms with Crippen molar-refractivity contribution in [2.75, 3.05) is 39.4 Å². The highest BCUT2D eigenvalue weighted by molar-refractivity contribution is 7.80. The van der Waals surface area contributed by atoms with Gasteiger partial charge in [0.2, 0.25) is 0 Å². The summed E-state index contributed by atoms with van der Waals surface area (Å²) in [5.74, 6) is 0. The molecule has 0 radical (unpaired) electrons. The monoisotopic (exact) mass is 388 g/mol. The molecule has 2 aliphatic heterocycles. The first-order valence-corrected chi connectivity index (χ1v) is 10.3. The summed E-state index contributed by atoms with van der Waals surface area (Å²) in [5.41, 5.74) is 2.37. The minimum atomic E-state index is 0.0886. The van der Waals surface area contributed by atoms with Crippen LogP contribution in [0.15, 0.2) is 35.8 Å². The summed E-state index contributed by atoms with van der Waals surface area (Å²) in [7, 11) is 0. The second-order valence-corrected chi connectivity index (χ2v) is 8.08. The zero-order valence-electron chi connectivity index (χ0n) is 14.9. The van der Waals surface area contributed by atoms with Gasteiger partial charge < -0.3 is 15.0 Å². The maximum absolute atomic E-state index is 5.73. The molecule has 2 aliphatic rings. The number of nitrogens with zero attached hydrogens (tertiary/aromatic N) is 3. The Balaban J connectivity index is 1.59. The van der Waals surface area contributed by atoms with E-state index in [2.05, 4.69) is 44.5 Å². The van der Waals surface area contributed by atoms with Crippen molar-refractivity contribution in [3.05, 3.63) is 52.0 Å². The molecule has 5 nitrogen and oxygen atoms in total. The molecule has 4 heterocycles. The lowest BCUT2D eigenvalue weighted by Crippen LogP contribution is -2.42. The van der Waals surface area contributed by atoms with E-state index in [0.717, 1.165) is 50.2 Å². The van der Waals surface area contributed by atoms with Gasteiger partial charge in [-0.1, -0.05) is 6.07 Å². The molecule has 2 aromatic rings. The fourth-order valence-electron chi connectivity index (χ4n) is 3.69. The summed E-state index contributed by atoms with van der Waals surface area (Å²) in [5, 5.41) is 6.53. The Morgan fingerprint density at radius 2 is 2.12 bits per heavy atom. The number of rotatable bonds is 5. The maximum Gasteiger partial charge on any atom is 0.170 e. The zero-order chi connectivity index (χ0) is 17.9. The van der Waals surface area contributed by atoms with Gasteiger partial charge >= 0.3 is 0 Å². The number of aryl methyl sites for hydroxylation is 1. The van der Waals surface area contributed by atoms with Crippen molar-refractivity contribution in [1.29, 1.82) is 0 Å². The summed E-state index contributed by atoms with van der Waals surface area (Å²) in [6.45, 7) is 7.75. The Hall–Kier alpha value is -1.54. The van der Waals surface area contributed by atoms with E-state index in [4.69, 9.17) is 17.0 Å². The molecule has 0 aromatic carbocycles. The average molecular weight is 389 g/mol. The van der Waals surface area contributed by atoms with Gasteiger partial charge in [0.25, 0.3) is 0 Å². The summed E-state index contributed by atoms with van der Waals surface area (Å²) in [4.78, 5) is 10.8. The van der Waals surface area contributed by atoms with Crippen molar-refractivity contribution in [1.82, 2.24) is 20.1 Å². The van der Waals surface area contributed by atoms with E-state index < -0.39 is 0 Å². The smallest absolute Gasteiger partial charge is 0.170 e. The van der Waals surface area contributed by atoms with E-state index in [-0.39, 0.29) is 12.1 Å². The van der Waals surface area contributed by atoms with Crippen LogP contribution in [0.1, 0.15) is 28.2 Å². The highest BCUT2D eigenvalue weighted by Gasteiger charge is 2.40. The third-order valence-corrected chi connectivity index (χ3v) is 6.57. The quantitative estimate of drug-likeness (QED) is 0.795. The van der Waals surface area contributed by atoms with Crippen molar-refractivity contribution < 1.29 is 4.74 Å². The van der Waals surface area contributed by atoms with Gasteiger partial charge in [-0.25, -0.2) is 0 Å². The molecule has 138 valence electrons. The molecule has 2 aromatic heterocycles. The summed E-state index contributed by atoms with van der Waals surface area (Å²) in [6, 6.07) is 8.56. The Morgan fingerprint density at radius 3 is 2.81 bits per heavy atom. The minimum absolute atomic E-state index is 0.0886. The van der Waals surface area contributed by atoms with Crippen LogP contribution in [0.5, 0.6) is 0 Å². The van der Waals surface area contributed by atoms with Crippen LogP contribution < -0.4 is 5.32 Å². The molecule has 2 fully saturated rings. The van der Waals surface area contributed by atoms with E-state index in [0.29, 0.717) is 0 Å². The van der Waals surface area contributed by atoms with Crippen LogP contribution in [0, 0.1) is 6.92 Å². The fourth-order valence-corrected chi connectivity index (χ4v) is 5.10. The highest BCUT2D eigenvalue weighted by atomic mass is 32.1. The second-order valence-electron chi connectivity index (χ2n) is 6.74. The molecule has 0 saturated carbocycles. The van der Waals surface area contributed by atoms with Gasteiger partial charge in [0.15, 0.2) is 5.11 Å². The number of hydrogen-bond donors (Lipinski definition) is 1. The lowest BCUT2D eigenvalue weighted by Gasteiger charge is -2.32. The number of thiocarbonyl (C=S) groups is 1. The lowest BCUT2D eigenvalue weighted by molar-refractivity contribution is 0.0350. The molecule has 2 saturated heterocycles. The topological polar surface area (TPSA) is 40.6 Å². The first-order chi connectivity index (χ1) is 12.7. The minimum Gasteiger partial charge on any atom is -0.379 e. The average Bonchev–Trinajstić information content (AvgIpc) is 3.24. The van der Waals surface area contributed by atoms with Crippen LogP contribution in [-0.4, -0.2) is 59.3 Å². The molecular formula is C19H24N4OS2. The van der Waals surface area contributed by atoms with Crippen LogP contribution in [0.3, 0.4) is 0 Å². The molecule has 4 rings (SSSR count). The Kier molecular flexibility index (Phi) is 5.49. The number of ether oxygens (including phenoxy) is 1. The van der Waals surface area contributed by atoms with Crippen molar-refractivity contribution in [2.45, 2.75) is 19.0 Å². The number of hydrogen-bond acceptors (Lipinski definition) is 5. The number of nitrogens with one attached hydrogen (secondary N) is 1. The Labute approximate surface area is 164 Å². The first kappa shape index (κ1) is 17.9. The van der Waals surface area contributed by atoms with E-state index >= 15 is 0 Å². The molecule has 26 heavy (non-hydrogen) atoms. The predicted octanol–water partition coefficient (Wildman–Crippen LogP) is 2.76. The van der Waals surface area contributed by atoms with Crippen molar-refractivity contribution in [3.63, 3.8) is 0 Å². The SMILES string of the molecule is Cc1ccsc1C1C(c2ccccn2)NC(=S)N1CCN1CCOCC1. The van der Waals surface area contributed by atoms with Gasteiger partial charge in [-0.2, -0.15) is 0 Å². The fraction of sp³-hybridized carbons (Fsp3) is 0.474. The van der Waals surface area contributed by atoms with Gasteiger partial charge in [0.1, 0.15) is 0 Å². The van der Waals surface area contributed by atoms with Gasteiger partial charge in [0, 0.05) is 37.3 Å². The third-order valence-electron chi connectivity index (χ3n) is 5.13. The highest BCUT2D eigenvalue weighted by Crippen LogP contribution is 2.41. The summed E-state index contributed by atoms with van der Waals surface area (Å²) >= 11 is 7.54. The molecule has 0 aliphatic carbocycles. The third kappa shape index (κ3) is 3.62.